The zero-order valence-electron chi connectivity index (χ0n) is 9.69. The van der Waals surface area contributed by atoms with Crippen LogP contribution in [0.3, 0.4) is 0 Å². The summed E-state index contributed by atoms with van der Waals surface area (Å²) in [7, 11) is 0. The van der Waals surface area contributed by atoms with Gasteiger partial charge in [0.25, 0.3) is 0 Å². The molecule has 0 spiro atoms. The van der Waals surface area contributed by atoms with Crippen molar-refractivity contribution < 1.29 is 5.11 Å². The highest BCUT2D eigenvalue weighted by Crippen LogP contribution is 1.98. The molecule has 0 saturated carbocycles. The maximum atomic E-state index is 8.60. The fraction of sp³-hybridized carbons (Fsp3) is 0.538. The van der Waals surface area contributed by atoms with E-state index in [4.69, 9.17) is 5.11 Å². The lowest BCUT2D eigenvalue weighted by molar-refractivity contribution is 0.283. The van der Waals surface area contributed by atoms with Crippen molar-refractivity contribution in [2.45, 2.75) is 25.7 Å². The molecule has 0 aromatic heterocycles. The Bertz CT molecular complexity index is 241. The molecule has 2 nitrogen and oxygen atoms in total. The fourth-order valence-corrected chi connectivity index (χ4v) is 1.54. The molecule has 0 unspecified atom stereocenters. The molecule has 3 heteroatoms. The maximum Gasteiger partial charge on any atom is 0.0431 e. The summed E-state index contributed by atoms with van der Waals surface area (Å²) in [6.45, 7) is 2.43. The highest BCUT2D eigenvalue weighted by molar-refractivity contribution is 5.85. The van der Waals surface area contributed by atoms with Crippen molar-refractivity contribution >= 4 is 12.4 Å². The molecule has 0 aliphatic heterocycles. The van der Waals surface area contributed by atoms with Crippen LogP contribution < -0.4 is 5.32 Å². The van der Waals surface area contributed by atoms with Crippen molar-refractivity contribution in [3.63, 3.8) is 0 Å². The van der Waals surface area contributed by atoms with Crippen LogP contribution in [0.15, 0.2) is 30.3 Å². The predicted octanol–water partition coefficient (Wildman–Crippen LogP) is 2.40. The van der Waals surface area contributed by atoms with Crippen LogP contribution in [0.4, 0.5) is 0 Å². The van der Waals surface area contributed by atoms with E-state index < -0.39 is 0 Å². The largest absolute Gasteiger partial charge is 0.396 e. The van der Waals surface area contributed by atoms with Gasteiger partial charge in [0, 0.05) is 6.61 Å². The number of hydrogen-bond acceptors (Lipinski definition) is 2. The Balaban J connectivity index is 0.00000225. The van der Waals surface area contributed by atoms with E-state index in [0.29, 0.717) is 6.61 Å². The van der Waals surface area contributed by atoms with E-state index in [1.807, 2.05) is 6.07 Å². The quantitative estimate of drug-likeness (QED) is 0.688. The van der Waals surface area contributed by atoms with Crippen molar-refractivity contribution in [1.29, 1.82) is 0 Å². The molecule has 0 aliphatic carbocycles. The SMILES string of the molecule is Cl.OCCCCCNCCc1ccccc1. The Morgan fingerprint density at radius 3 is 2.38 bits per heavy atom. The standard InChI is InChI=1S/C13H21NO.ClH/c15-12-6-2-5-10-14-11-9-13-7-3-1-4-8-13;/h1,3-4,7-8,14-15H,2,5-6,9-12H2;1H. The summed E-state index contributed by atoms with van der Waals surface area (Å²) < 4.78 is 0. The monoisotopic (exact) mass is 243 g/mol. The van der Waals surface area contributed by atoms with E-state index in [2.05, 4.69) is 29.6 Å². The van der Waals surface area contributed by atoms with Crippen LogP contribution in [0.5, 0.6) is 0 Å². The Hall–Kier alpha value is -0.570. The van der Waals surface area contributed by atoms with Gasteiger partial charge in [0.2, 0.25) is 0 Å². The molecule has 1 rings (SSSR count). The van der Waals surface area contributed by atoms with Crippen LogP contribution in [0.1, 0.15) is 24.8 Å². The highest BCUT2D eigenvalue weighted by Gasteiger charge is 1.91. The lowest BCUT2D eigenvalue weighted by Crippen LogP contribution is -2.18. The molecule has 16 heavy (non-hydrogen) atoms. The number of nitrogens with one attached hydrogen (secondary N) is 1. The summed E-state index contributed by atoms with van der Waals surface area (Å²) in [5.74, 6) is 0. The van der Waals surface area contributed by atoms with E-state index in [-0.39, 0.29) is 12.4 Å². The normalized spacial score (nSPS) is 9.81. The summed E-state index contributed by atoms with van der Waals surface area (Å²) in [5, 5.41) is 12.0. The van der Waals surface area contributed by atoms with Gasteiger partial charge < -0.3 is 10.4 Å². The summed E-state index contributed by atoms with van der Waals surface area (Å²) in [4.78, 5) is 0. The Morgan fingerprint density at radius 2 is 1.69 bits per heavy atom. The minimum Gasteiger partial charge on any atom is -0.396 e. The maximum absolute atomic E-state index is 8.60. The number of aliphatic hydroxyl groups is 1. The molecule has 0 radical (unpaired) electrons. The van der Waals surface area contributed by atoms with Gasteiger partial charge in [-0.25, -0.2) is 0 Å². The molecule has 0 bridgehead atoms. The van der Waals surface area contributed by atoms with Crippen molar-refractivity contribution in [1.82, 2.24) is 5.32 Å². The Kier molecular flexibility index (Phi) is 10.5. The van der Waals surface area contributed by atoms with Crippen LogP contribution in [0, 0.1) is 0 Å². The van der Waals surface area contributed by atoms with Crippen molar-refractivity contribution in [2.75, 3.05) is 19.7 Å². The van der Waals surface area contributed by atoms with Gasteiger partial charge >= 0.3 is 0 Å². The van der Waals surface area contributed by atoms with E-state index >= 15 is 0 Å². The Morgan fingerprint density at radius 1 is 0.938 bits per heavy atom. The Labute approximate surface area is 104 Å². The molecule has 2 N–H and O–H groups in total. The summed E-state index contributed by atoms with van der Waals surface area (Å²) in [6, 6.07) is 10.5. The average Bonchev–Trinajstić information content (AvgIpc) is 2.29. The number of aliphatic hydroxyl groups excluding tert-OH is 1. The van der Waals surface area contributed by atoms with Crippen molar-refractivity contribution in [3.8, 4) is 0 Å². The second-order valence-corrected chi connectivity index (χ2v) is 3.77. The molecule has 0 saturated heterocycles. The van der Waals surface area contributed by atoms with Crippen molar-refractivity contribution in [3.05, 3.63) is 35.9 Å². The van der Waals surface area contributed by atoms with Crippen LogP contribution in [-0.2, 0) is 6.42 Å². The molecular weight excluding hydrogens is 222 g/mol. The summed E-state index contributed by atoms with van der Waals surface area (Å²) in [6.07, 6.45) is 4.31. The first-order valence-electron chi connectivity index (χ1n) is 5.79. The highest BCUT2D eigenvalue weighted by atomic mass is 35.5. The summed E-state index contributed by atoms with van der Waals surface area (Å²) >= 11 is 0. The number of halogens is 1. The zero-order valence-corrected chi connectivity index (χ0v) is 10.5. The fourth-order valence-electron chi connectivity index (χ4n) is 1.54. The van der Waals surface area contributed by atoms with Gasteiger partial charge in [-0.15, -0.1) is 12.4 Å². The molecular formula is C13H22ClNO. The van der Waals surface area contributed by atoms with E-state index in [0.717, 1.165) is 38.8 Å². The van der Waals surface area contributed by atoms with Gasteiger partial charge in [-0.1, -0.05) is 30.3 Å². The minimum atomic E-state index is 0. The second kappa shape index (κ2) is 10.9. The molecule has 0 amide bonds. The molecule has 1 aromatic rings. The minimum absolute atomic E-state index is 0. The van der Waals surface area contributed by atoms with Gasteiger partial charge in [-0.05, 0) is 44.3 Å². The zero-order chi connectivity index (χ0) is 10.8. The third-order valence-corrected chi connectivity index (χ3v) is 2.44. The molecule has 92 valence electrons. The molecule has 1 aromatic carbocycles. The van der Waals surface area contributed by atoms with Gasteiger partial charge in [-0.2, -0.15) is 0 Å². The van der Waals surface area contributed by atoms with Gasteiger partial charge in [0.05, 0.1) is 0 Å². The lowest BCUT2D eigenvalue weighted by atomic mass is 10.1. The predicted molar refractivity (Wildman–Crippen MR) is 71.2 cm³/mol. The topological polar surface area (TPSA) is 32.3 Å². The number of rotatable bonds is 8. The smallest absolute Gasteiger partial charge is 0.0431 e. The van der Waals surface area contributed by atoms with Crippen LogP contribution in [0.25, 0.3) is 0 Å². The first kappa shape index (κ1) is 15.4. The number of hydrogen-bond donors (Lipinski definition) is 2. The van der Waals surface area contributed by atoms with Gasteiger partial charge in [-0.3, -0.25) is 0 Å². The molecule has 0 aliphatic rings. The first-order chi connectivity index (χ1) is 7.43. The van der Waals surface area contributed by atoms with Gasteiger partial charge in [0.1, 0.15) is 0 Å². The van der Waals surface area contributed by atoms with E-state index in [9.17, 15) is 0 Å². The molecule has 0 atom stereocenters. The van der Waals surface area contributed by atoms with E-state index in [1.54, 1.807) is 0 Å². The number of unbranched alkanes of at least 4 members (excludes halogenated alkanes) is 2. The average molecular weight is 244 g/mol. The summed E-state index contributed by atoms with van der Waals surface area (Å²) in [5.41, 5.74) is 1.39. The van der Waals surface area contributed by atoms with Gasteiger partial charge in [0.15, 0.2) is 0 Å². The first-order valence-corrected chi connectivity index (χ1v) is 5.79. The van der Waals surface area contributed by atoms with E-state index in [1.165, 1.54) is 5.56 Å². The third-order valence-electron chi connectivity index (χ3n) is 2.44. The van der Waals surface area contributed by atoms with Crippen LogP contribution in [0.2, 0.25) is 0 Å². The van der Waals surface area contributed by atoms with Crippen molar-refractivity contribution in [2.24, 2.45) is 0 Å². The second-order valence-electron chi connectivity index (χ2n) is 3.77. The lowest BCUT2D eigenvalue weighted by Gasteiger charge is -2.04. The number of benzene rings is 1. The molecule has 0 heterocycles. The van der Waals surface area contributed by atoms with Crippen LogP contribution >= 0.6 is 12.4 Å². The van der Waals surface area contributed by atoms with Crippen LogP contribution in [-0.4, -0.2) is 24.8 Å². The molecule has 0 fully saturated rings. The third kappa shape index (κ3) is 7.69.